The number of rotatable bonds is 8. The number of primary amides is 1. The van der Waals surface area contributed by atoms with Crippen LogP contribution in [-0.2, 0) is 24.0 Å². The Bertz CT molecular complexity index is 1020. The lowest BCUT2D eigenvalue weighted by molar-refractivity contribution is -0.175. The van der Waals surface area contributed by atoms with E-state index in [0.717, 1.165) is 0 Å². The number of amides is 5. The molecule has 2 aliphatic carbocycles. The van der Waals surface area contributed by atoms with Gasteiger partial charge in [-0.3, -0.25) is 24.0 Å². The fourth-order valence-corrected chi connectivity index (χ4v) is 6.20. The Morgan fingerprint density at radius 3 is 2.24 bits per heavy atom. The highest BCUT2D eigenvalue weighted by Gasteiger charge is 2.70. The van der Waals surface area contributed by atoms with E-state index in [9.17, 15) is 37.1 Å². The van der Waals surface area contributed by atoms with Crippen LogP contribution in [-0.4, -0.2) is 70.8 Å². The molecule has 37 heavy (non-hydrogen) atoms. The summed E-state index contributed by atoms with van der Waals surface area (Å²) in [5.74, 6) is -5.97. The van der Waals surface area contributed by atoms with E-state index in [1.54, 1.807) is 0 Å². The van der Waals surface area contributed by atoms with Gasteiger partial charge in [0.15, 0.2) is 0 Å². The normalized spacial score (nSPS) is 31.1. The van der Waals surface area contributed by atoms with Gasteiger partial charge in [-0.15, -0.1) is 0 Å². The molecule has 0 aromatic heterocycles. The smallest absolute Gasteiger partial charge is 0.368 e. The van der Waals surface area contributed by atoms with E-state index in [-0.39, 0.29) is 36.1 Å². The fourth-order valence-electron chi connectivity index (χ4n) is 6.20. The molecule has 6 atom stereocenters. The minimum absolute atomic E-state index is 0.0131. The molecular formula is C24H34F3N5O5. The first-order chi connectivity index (χ1) is 16.9. The number of hydrogen-bond acceptors (Lipinski definition) is 5. The van der Waals surface area contributed by atoms with E-state index in [1.807, 2.05) is 33.0 Å². The maximum atomic E-state index is 13.5. The standard InChI is InChI=1S/C24H34F3N5O5/c1-22(2)8-11(18(34)31-22)7-13(17(28)33)29-19(35)16-14-12(23(14,3)4)9-32(16)20(36)15(10-5-6-10)30-21(37)24(25,26)27/h10-16H,5-9H2,1-4H3,(H2,28,33)(H,29,35)(H,30,37)(H,31,34)/t11-,12?,13+,14?,15+,16?/m1/s1. The number of fused-ring (bicyclic) bond motifs is 1. The molecule has 0 aromatic rings. The number of likely N-dealkylation sites (tertiary alicyclic amines) is 1. The summed E-state index contributed by atoms with van der Waals surface area (Å²) < 4.78 is 38.7. The molecular weight excluding hydrogens is 495 g/mol. The third-order valence-electron chi connectivity index (χ3n) is 8.43. The number of nitrogens with zero attached hydrogens (tertiary/aromatic N) is 1. The van der Waals surface area contributed by atoms with Crippen LogP contribution in [0, 0.1) is 29.1 Å². The van der Waals surface area contributed by atoms with Crippen molar-refractivity contribution in [2.45, 2.75) is 83.2 Å². The van der Waals surface area contributed by atoms with E-state index >= 15 is 0 Å². The lowest BCUT2D eigenvalue weighted by Crippen LogP contribution is -2.59. The zero-order chi connectivity index (χ0) is 27.7. The van der Waals surface area contributed by atoms with Crippen molar-refractivity contribution in [2.75, 3.05) is 6.54 Å². The first kappa shape index (κ1) is 27.2. The second-order valence-electron chi connectivity index (χ2n) is 12.1. The van der Waals surface area contributed by atoms with Gasteiger partial charge >= 0.3 is 12.1 Å². The van der Waals surface area contributed by atoms with Gasteiger partial charge in [-0.05, 0) is 62.7 Å². The third-order valence-corrected chi connectivity index (χ3v) is 8.43. The number of carbonyl (C=O) groups excluding carboxylic acids is 5. The van der Waals surface area contributed by atoms with Crippen LogP contribution in [0.5, 0.6) is 0 Å². The molecule has 5 N–H and O–H groups in total. The van der Waals surface area contributed by atoms with Gasteiger partial charge in [0.2, 0.25) is 23.6 Å². The maximum Gasteiger partial charge on any atom is 0.471 e. The van der Waals surface area contributed by atoms with Crippen LogP contribution in [0.15, 0.2) is 0 Å². The van der Waals surface area contributed by atoms with Gasteiger partial charge < -0.3 is 26.6 Å². The maximum absolute atomic E-state index is 13.5. The van der Waals surface area contributed by atoms with E-state index in [4.69, 9.17) is 5.73 Å². The van der Waals surface area contributed by atoms with Crippen LogP contribution < -0.4 is 21.7 Å². The van der Waals surface area contributed by atoms with Gasteiger partial charge in [-0.25, -0.2) is 0 Å². The Balaban J connectivity index is 1.51. The topological polar surface area (TPSA) is 151 Å². The highest BCUT2D eigenvalue weighted by molar-refractivity contribution is 5.96. The van der Waals surface area contributed by atoms with Crippen molar-refractivity contribution in [3.05, 3.63) is 0 Å². The lowest BCUT2D eigenvalue weighted by atomic mass is 9.91. The highest BCUT2D eigenvalue weighted by atomic mass is 19.4. The Morgan fingerprint density at radius 2 is 1.76 bits per heavy atom. The minimum Gasteiger partial charge on any atom is -0.368 e. The zero-order valence-electron chi connectivity index (χ0n) is 21.3. The third kappa shape index (κ3) is 5.26. The van der Waals surface area contributed by atoms with Crippen molar-refractivity contribution >= 4 is 29.5 Å². The predicted octanol–water partition coefficient (Wildman–Crippen LogP) is 0.201. The molecule has 2 saturated carbocycles. The Kier molecular flexibility index (Phi) is 6.51. The van der Waals surface area contributed by atoms with Crippen molar-refractivity contribution in [2.24, 2.45) is 34.8 Å². The molecule has 3 unspecified atom stereocenters. The molecule has 4 aliphatic rings. The molecule has 206 valence electrons. The SMILES string of the molecule is CC1(C)C[C@@H](C[C@H](NC(=O)C2C3C(CN2C(=O)[C@@H](NC(=O)C(F)(F)F)C2CC2)C3(C)C)C(N)=O)C(=O)N1. The Morgan fingerprint density at radius 1 is 1.14 bits per heavy atom. The van der Waals surface area contributed by atoms with Crippen LogP contribution >= 0.6 is 0 Å². The monoisotopic (exact) mass is 529 g/mol. The number of alkyl halides is 3. The van der Waals surface area contributed by atoms with Gasteiger partial charge in [0.25, 0.3) is 0 Å². The number of halogens is 3. The Hall–Kier alpha value is -2.86. The van der Waals surface area contributed by atoms with Gasteiger partial charge in [-0.2, -0.15) is 13.2 Å². The second-order valence-corrected chi connectivity index (χ2v) is 12.1. The summed E-state index contributed by atoms with van der Waals surface area (Å²) in [5.41, 5.74) is 4.78. The summed E-state index contributed by atoms with van der Waals surface area (Å²) in [6.45, 7) is 7.71. The molecule has 5 amide bonds. The van der Waals surface area contributed by atoms with Crippen molar-refractivity contribution in [3.8, 4) is 0 Å². The summed E-state index contributed by atoms with van der Waals surface area (Å²) in [5, 5.41) is 7.25. The van der Waals surface area contributed by atoms with Gasteiger partial charge in [0.1, 0.15) is 18.1 Å². The van der Waals surface area contributed by atoms with E-state index in [2.05, 4.69) is 10.6 Å². The van der Waals surface area contributed by atoms with Crippen LogP contribution in [0.25, 0.3) is 0 Å². The summed E-state index contributed by atoms with van der Waals surface area (Å²) >= 11 is 0. The average Bonchev–Trinajstić information content (AvgIpc) is 3.59. The first-order valence-corrected chi connectivity index (χ1v) is 12.5. The number of carbonyl (C=O) groups is 5. The predicted molar refractivity (Wildman–Crippen MR) is 123 cm³/mol. The molecule has 0 radical (unpaired) electrons. The molecule has 0 aromatic carbocycles. The van der Waals surface area contributed by atoms with Crippen LogP contribution in [0.3, 0.4) is 0 Å². The van der Waals surface area contributed by atoms with Crippen LogP contribution in [0.4, 0.5) is 13.2 Å². The van der Waals surface area contributed by atoms with Gasteiger partial charge in [0, 0.05) is 18.0 Å². The minimum atomic E-state index is -5.14. The molecule has 4 fully saturated rings. The molecule has 10 nitrogen and oxygen atoms in total. The summed E-state index contributed by atoms with van der Waals surface area (Å²) in [4.78, 5) is 64.3. The van der Waals surface area contributed by atoms with Gasteiger partial charge in [-0.1, -0.05) is 13.8 Å². The zero-order valence-corrected chi connectivity index (χ0v) is 21.3. The summed E-state index contributed by atoms with van der Waals surface area (Å²) in [6.07, 6.45) is -3.74. The van der Waals surface area contributed by atoms with Crippen molar-refractivity contribution in [1.29, 1.82) is 0 Å². The Labute approximate surface area is 212 Å². The number of nitrogens with one attached hydrogen (secondary N) is 3. The van der Waals surface area contributed by atoms with Crippen molar-refractivity contribution < 1.29 is 37.1 Å². The average molecular weight is 530 g/mol. The fraction of sp³-hybridized carbons (Fsp3) is 0.792. The van der Waals surface area contributed by atoms with Crippen molar-refractivity contribution in [3.63, 3.8) is 0 Å². The number of hydrogen-bond donors (Lipinski definition) is 4. The lowest BCUT2D eigenvalue weighted by Gasteiger charge is -2.34. The van der Waals surface area contributed by atoms with Crippen molar-refractivity contribution in [1.82, 2.24) is 20.9 Å². The number of nitrogens with two attached hydrogens (primary N) is 1. The first-order valence-electron chi connectivity index (χ1n) is 12.5. The summed E-state index contributed by atoms with van der Waals surface area (Å²) in [7, 11) is 0. The molecule has 0 bridgehead atoms. The molecule has 2 aliphatic heterocycles. The van der Waals surface area contributed by atoms with Crippen LogP contribution in [0.2, 0.25) is 0 Å². The molecule has 2 heterocycles. The number of piperidine rings is 1. The van der Waals surface area contributed by atoms with Gasteiger partial charge in [0.05, 0.1) is 0 Å². The molecule has 4 rings (SSSR count). The quantitative estimate of drug-likeness (QED) is 0.354. The molecule has 2 saturated heterocycles. The summed E-state index contributed by atoms with van der Waals surface area (Å²) in [6, 6.07) is -3.59. The molecule has 0 spiro atoms. The van der Waals surface area contributed by atoms with E-state index in [1.165, 1.54) is 4.90 Å². The van der Waals surface area contributed by atoms with Crippen LogP contribution in [0.1, 0.15) is 53.4 Å². The van der Waals surface area contributed by atoms with E-state index in [0.29, 0.717) is 19.3 Å². The largest absolute Gasteiger partial charge is 0.471 e. The highest BCUT2D eigenvalue weighted by Crippen LogP contribution is 2.65. The second kappa shape index (κ2) is 8.87. The molecule has 13 heteroatoms. The van der Waals surface area contributed by atoms with E-state index < -0.39 is 65.3 Å².